The van der Waals surface area contributed by atoms with Gasteiger partial charge in [-0.25, -0.2) is 0 Å². The first-order valence-corrected chi connectivity index (χ1v) is 12.1. The third-order valence-corrected chi connectivity index (χ3v) is 5.55. The van der Waals surface area contributed by atoms with E-state index in [9.17, 15) is 19.8 Å². The molecule has 4 N–H and O–H groups in total. The van der Waals surface area contributed by atoms with Crippen molar-refractivity contribution in [2.24, 2.45) is 10.8 Å². The second-order valence-corrected chi connectivity index (χ2v) is 11.6. The van der Waals surface area contributed by atoms with Crippen LogP contribution in [-0.4, -0.2) is 22.0 Å². The molecule has 0 radical (unpaired) electrons. The highest BCUT2D eigenvalue weighted by molar-refractivity contribution is 6.08. The molecule has 0 atom stereocenters. The van der Waals surface area contributed by atoms with Crippen LogP contribution in [0.3, 0.4) is 0 Å². The molecule has 0 saturated heterocycles. The van der Waals surface area contributed by atoms with E-state index >= 15 is 0 Å². The number of phenols is 2. The molecule has 0 spiro atoms. The van der Waals surface area contributed by atoms with Crippen molar-refractivity contribution in [1.29, 1.82) is 0 Å². The monoisotopic (exact) mass is 488 g/mol. The zero-order valence-electron chi connectivity index (χ0n) is 21.9. The molecule has 3 aromatic rings. The fraction of sp³-hybridized carbons (Fsp3) is 0.333. The topological polar surface area (TPSA) is 98.7 Å². The minimum Gasteiger partial charge on any atom is -0.507 e. The van der Waals surface area contributed by atoms with Gasteiger partial charge in [0.1, 0.15) is 11.5 Å². The van der Waals surface area contributed by atoms with Crippen LogP contribution < -0.4 is 10.6 Å². The first-order valence-electron chi connectivity index (χ1n) is 12.1. The normalized spacial score (nSPS) is 11.7. The van der Waals surface area contributed by atoms with Crippen LogP contribution in [0.1, 0.15) is 73.4 Å². The first-order chi connectivity index (χ1) is 16.7. The highest BCUT2D eigenvalue weighted by Crippen LogP contribution is 2.30. The Hall–Kier alpha value is -3.80. The lowest BCUT2D eigenvalue weighted by molar-refractivity contribution is 0.101. The molecule has 0 saturated carbocycles. The molecule has 0 unspecified atom stereocenters. The predicted octanol–water partition coefficient (Wildman–Crippen LogP) is 6.78. The number of carbonyl (C=O) groups is 2. The Morgan fingerprint density at radius 1 is 0.611 bits per heavy atom. The summed E-state index contributed by atoms with van der Waals surface area (Å²) in [5.74, 6) is -0.922. The highest BCUT2D eigenvalue weighted by atomic mass is 16.3. The molecular weight excluding hydrogens is 452 g/mol. The molecule has 36 heavy (non-hydrogen) atoms. The van der Waals surface area contributed by atoms with Gasteiger partial charge in [0.15, 0.2) is 0 Å². The van der Waals surface area contributed by atoms with E-state index in [2.05, 4.69) is 52.2 Å². The lowest BCUT2D eigenvalue weighted by Crippen LogP contribution is -2.18. The average molecular weight is 489 g/mol. The molecule has 6 nitrogen and oxygen atoms in total. The minimum atomic E-state index is -0.398. The number of hydrogen-bond donors (Lipinski definition) is 4. The molecule has 2 amide bonds. The van der Waals surface area contributed by atoms with Crippen LogP contribution in [0.25, 0.3) is 0 Å². The smallest absolute Gasteiger partial charge is 0.259 e. The second-order valence-electron chi connectivity index (χ2n) is 11.6. The lowest BCUT2D eigenvalue weighted by atomic mass is 9.86. The Balaban J connectivity index is 1.76. The van der Waals surface area contributed by atoms with Gasteiger partial charge >= 0.3 is 0 Å². The van der Waals surface area contributed by atoms with Gasteiger partial charge in [0.05, 0.1) is 11.1 Å². The lowest BCUT2D eigenvalue weighted by Gasteiger charge is -2.21. The van der Waals surface area contributed by atoms with E-state index in [-0.39, 0.29) is 33.5 Å². The largest absolute Gasteiger partial charge is 0.507 e. The summed E-state index contributed by atoms with van der Waals surface area (Å²) in [6, 6.07) is 16.9. The average Bonchev–Trinajstić information content (AvgIpc) is 2.73. The quantitative estimate of drug-likeness (QED) is 0.307. The van der Waals surface area contributed by atoms with Crippen LogP contribution in [0.2, 0.25) is 0 Å². The van der Waals surface area contributed by atoms with E-state index in [4.69, 9.17) is 0 Å². The first kappa shape index (κ1) is 26.8. The van der Waals surface area contributed by atoms with Gasteiger partial charge in [-0.3, -0.25) is 9.59 Å². The SMILES string of the molecule is CC(C)(C)Cc1cccc(O)c1C(=O)Nc1ccc(NC(=O)c2c(O)cccc2CC(C)(C)C)cc1. The van der Waals surface area contributed by atoms with Crippen molar-refractivity contribution in [3.8, 4) is 11.5 Å². The highest BCUT2D eigenvalue weighted by Gasteiger charge is 2.22. The Labute approximate surface area is 213 Å². The number of aromatic hydroxyl groups is 2. The van der Waals surface area contributed by atoms with E-state index in [0.717, 1.165) is 11.1 Å². The van der Waals surface area contributed by atoms with Crippen LogP contribution in [0.5, 0.6) is 11.5 Å². The molecule has 6 heteroatoms. The molecule has 190 valence electrons. The molecule has 0 aliphatic carbocycles. The van der Waals surface area contributed by atoms with Crippen LogP contribution >= 0.6 is 0 Å². The number of carbonyl (C=O) groups excluding carboxylic acids is 2. The van der Waals surface area contributed by atoms with Crippen molar-refractivity contribution in [3.05, 3.63) is 82.9 Å². The zero-order chi connectivity index (χ0) is 26.7. The Morgan fingerprint density at radius 2 is 0.944 bits per heavy atom. The summed E-state index contributed by atoms with van der Waals surface area (Å²) in [5, 5.41) is 26.4. The summed E-state index contributed by atoms with van der Waals surface area (Å²) < 4.78 is 0. The molecule has 3 rings (SSSR count). The molecule has 3 aromatic carbocycles. The summed E-state index contributed by atoms with van der Waals surface area (Å²) in [4.78, 5) is 26.0. The van der Waals surface area contributed by atoms with Gasteiger partial charge in [-0.2, -0.15) is 0 Å². The number of nitrogens with one attached hydrogen (secondary N) is 2. The summed E-state index contributed by atoms with van der Waals surface area (Å²) in [5.41, 5.74) is 3.02. The summed E-state index contributed by atoms with van der Waals surface area (Å²) >= 11 is 0. The van der Waals surface area contributed by atoms with Gasteiger partial charge in [-0.05, 0) is 71.2 Å². The predicted molar refractivity (Wildman–Crippen MR) is 145 cm³/mol. The van der Waals surface area contributed by atoms with Crippen molar-refractivity contribution in [2.45, 2.75) is 54.4 Å². The van der Waals surface area contributed by atoms with E-state index in [1.165, 1.54) is 12.1 Å². The maximum absolute atomic E-state index is 13.0. The summed E-state index contributed by atoms with van der Waals surface area (Å²) in [6.45, 7) is 12.5. The van der Waals surface area contributed by atoms with Gasteiger partial charge in [0.25, 0.3) is 11.8 Å². The number of phenolic OH excluding ortho intramolecular Hbond substituents is 2. The Kier molecular flexibility index (Phi) is 7.77. The van der Waals surface area contributed by atoms with E-state index in [0.29, 0.717) is 24.2 Å². The van der Waals surface area contributed by atoms with Crippen molar-refractivity contribution in [2.75, 3.05) is 10.6 Å². The molecule has 0 fully saturated rings. The van der Waals surface area contributed by atoms with Gasteiger partial charge in [-0.1, -0.05) is 65.8 Å². The third-order valence-electron chi connectivity index (χ3n) is 5.55. The molecule has 0 aliphatic heterocycles. The maximum atomic E-state index is 13.0. The van der Waals surface area contributed by atoms with Crippen molar-refractivity contribution in [1.82, 2.24) is 0 Å². The van der Waals surface area contributed by atoms with Gasteiger partial charge < -0.3 is 20.8 Å². The molecule has 0 aromatic heterocycles. The maximum Gasteiger partial charge on any atom is 0.259 e. The van der Waals surface area contributed by atoms with Crippen LogP contribution in [0.4, 0.5) is 11.4 Å². The molecule has 0 heterocycles. The van der Waals surface area contributed by atoms with E-state index in [1.54, 1.807) is 36.4 Å². The molecule has 0 bridgehead atoms. The third kappa shape index (κ3) is 7.11. The molecule has 0 aliphatic rings. The fourth-order valence-corrected chi connectivity index (χ4v) is 4.16. The number of rotatable bonds is 6. The van der Waals surface area contributed by atoms with Gasteiger partial charge in [-0.15, -0.1) is 0 Å². The number of hydrogen-bond acceptors (Lipinski definition) is 4. The zero-order valence-corrected chi connectivity index (χ0v) is 21.9. The fourth-order valence-electron chi connectivity index (χ4n) is 4.16. The Morgan fingerprint density at radius 3 is 1.25 bits per heavy atom. The number of benzene rings is 3. The van der Waals surface area contributed by atoms with Crippen molar-refractivity contribution in [3.63, 3.8) is 0 Å². The van der Waals surface area contributed by atoms with Crippen LogP contribution in [0, 0.1) is 10.8 Å². The summed E-state index contributed by atoms with van der Waals surface area (Å²) in [7, 11) is 0. The Bertz CT molecular complexity index is 1150. The minimum absolute atomic E-state index is 0.0530. The van der Waals surface area contributed by atoms with Crippen LogP contribution in [0.15, 0.2) is 60.7 Å². The van der Waals surface area contributed by atoms with E-state index in [1.807, 2.05) is 12.1 Å². The number of anilines is 2. The van der Waals surface area contributed by atoms with Gasteiger partial charge in [0.2, 0.25) is 0 Å². The van der Waals surface area contributed by atoms with Crippen LogP contribution in [-0.2, 0) is 12.8 Å². The van der Waals surface area contributed by atoms with Crippen molar-refractivity contribution < 1.29 is 19.8 Å². The molecular formula is C30H36N2O4. The van der Waals surface area contributed by atoms with Crippen molar-refractivity contribution >= 4 is 23.2 Å². The van der Waals surface area contributed by atoms with E-state index < -0.39 is 11.8 Å². The van der Waals surface area contributed by atoms with Gasteiger partial charge in [0, 0.05) is 11.4 Å². The second kappa shape index (κ2) is 10.4. The summed E-state index contributed by atoms with van der Waals surface area (Å²) in [6.07, 6.45) is 1.28. The number of amides is 2. The standard InChI is InChI=1S/C30H36N2O4/c1-29(2,3)17-19-9-7-11-23(33)25(19)27(35)31-21-13-15-22(16-14-21)32-28(36)26-20(18-30(4,5)6)10-8-12-24(26)34/h7-16,33-34H,17-18H2,1-6H3,(H,31,35)(H,32,36).